The highest BCUT2D eigenvalue weighted by Crippen LogP contribution is 2.30. The fraction of sp³-hybridized carbons (Fsp3) is 0.0909. The second kappa shape index (κ2) is 7.52. The molecule has 0 atom stereocenters. The van der Waals surface area contributed by atoms with Crippen LogP contribution in [-0.2, 0) is 21.2 Å². The molecule has 0 spiro atoms. The lowest BCUT2D eigenvalue weighted by molar-refractivity contribution is -0.116. The van der Waals surface area contributed by atoms with Crippen LogP contribution < -0.4 is 5.32 Å². The lowest BCUT2D eigenvalue weighted by Gasteiger charge is -2.06. The maximum absolute atomic E-state index is 13.2. The number of nitrogens with zero attached hydrogens (tertiary/aromatic N) is 2. The molecule has 2 aromatic heterocycles. The van der Waals surface area contributed by atoms with Crippen molar-refractivity contribution in [1.29, 1.82) is 0 Å². The number of hydrogen-bond acceptors (Lipinski definition) is 4. The third-order valence-corrected chi connectivity index (χ3v) is 6.43. The number of sulfone groups is 1. The average molecular weight is 405 g/mol. The Morgan fingerprint density at radius 1 is 1.03 bits per heavy atom. The van der Waals surface area contributed by atoms with Gasteiger partial charge in [0.1, 0.15) is 6.54 Å². The molecule has 0 saturated heterocycles. The summed E-state index contributed by atoms with van der Waals surface area (Å²) in [6.07, 6.45) is 4.71. The molecule has 2 heterocycles. The first-order valence-corrected chi connectivity index (χ1v) is 10.5. The van der Waals surface area contributed by atoms with E-state index >= 15 is 0 Å². The second-order valence-corrected chi connectivity index (χ2v) is 8.66. The zero-order valence-corrected chi connectivity index (χ0v) is 16.6. The number of pyridine rings is 1. The van der Waals surface area contributed by atoms with Crippen molar-refractivity contribution < 1.29 is 13.2 Å². The van der Waals surface area contributed by atoms with Gasteiger partial charge in [0.05, 0.1) is 21.7 Å². The van der Waals surface area contributed by atoms with Crippen LogP contribution >= 0.6 is 0 Å². The number of amides is 1. The fourth-order valence-electron chi connectivity index (χ4n) is 3.19. The SMILES string of the molecule is Cc1ccc(S(=O)(=O)c2cn(CC(=O)Nc3cccnc3)c3ccccc23)cc1. The molecule has 6 nitrogen and oxygen atoms in total. The number of rotatable bonds is 5. The summed E-state index contributed by atoms with van der Waals surface area (Å²) in [7, 11) is -3.72. The first-order valence-electron chi connectivity index (χ1n) is 9.05. The van der Waals surface area contributed by atoms with Crippen LogP contribution in [0, 0.1) is 6.92 Å². The molecule has 4 aromatic rings. The Morgan fingerprint density at radius 2 is 1.79 bits per heavy atom. The molecule has 146 valence electrons. The Morgan fingerprint density at radius 3 is 2.52 bits per heavy atom. The summed E-state index contributed by atoms with van der Waals surface area (Å²) in [6.45, 7) is 1.89. The number of carbonyl (C=O) groups is 1. The largest absolute Gasteiger partial charge is 0.337 e. The zero-order chi connectivity index (χ0) is 20.4. The van der Waals surface area contributed by atoms with E-state index in [2.05, 4.69) is 10.3 Å². The van der Waals surface area contributed by atoms with Crippen molar-refractivity contribution in [2.75, 3.05) is 5.32 Å². The van der Waals surface area contributed by atoms with Gasteiger partial charge in [0.25, 0.3) is 0 Å². The van der Waals surface area contributed by atoms with Gasteiger partial charge in [-0.2, -0.15) is 0 Å². The van der Waals surface area contributed by atoms with Crippen molar-refractivity contribution in [3.63, 3.8) is 0 Å². The predicted octanol–water partition coefficient (Wildman–Crippen LogP) is 3.82. The predicted molar refractivity (Wildman–Crippen MR) is 111 cm³/mol. The lowest BCUT2D eigenvalue weighted by atomic mass is 10.2. The number of carbonyl (C=O) groups excluding carboxylic acids is 1. The van der Waals surface area contributed by atoms with E-state index in [1.807, 2.05) is 13.0 Å². The van der Waals surface area contributed by atoms with E-state index in [1.54, 1.807) is 71.6 Å². The highest BCUT2D eigenvalue weighted by Gasteiger charge is 2.23. The van der Waals surface area contributed by atoms with Gasteiger partial charge in [0.2, 0.25) is 15.7 Å². The van der Waals surface area contributed by atoms with E-state index in [0.717, 1.165) is 5.56 Å². The van der Waals surface area contributed by atoms with Crippen molar-refractivity contribution in [1.82, 2.24) is 9.55 Å². The molecule has 0 aliphatic rings. The Labute approximate surface area is 168 Å². The van der Waals surface area contributed by atoms with E-state index in [9.17, 15) is 13.2 Å². The molecule has 7 heteroatoms. The van der Waals surface area contributed by atoms with Gasteiger partial charge in [0.15, 0.2) is 0 Å². The molecular formula is C22H19N3O3S. The molecule has 4 rings (SSSR count). The van der Waals surface area contributed by atoms with E-state index in [0.29, 0.717) is 16.6 Å². The summed E-state index contributed by atoms with van der Waals surface area (Å²) >= 11 is 0. The second-order valence-electron chi connectivity index (χ2n) is 6.74. The van der Waals surface area contributed by atoms with Crippen molar-refractivity contribution in [3.05, 3.63) is 84.8 Å². The molecule has 2 aromatic carbocycles. The summed E-state index contributed by atoms with van der Waals surface area (Å²) < 4.78 is 28.1. The van der Waals surface area contributed by atoms with Crippen LogP contribution in [0.2, 0.25) is 0 Å². The van der Waals surface area contributed by atoms with Crippen LogP contribution in [0.1, 0.15) is 5.56 Å². The van der Waals surface area contributed by atoms with Gasteiger partial charge in [-0.1, -0.05) is 35.9 Å². The molecule has 0 saturated carbocycles. The summed E-state index contributed by atoms with van der Waals surface area (Å²) in [5, 5.41) is 3.35. The molecule has 0 bridgehead atoms. The number of aryl methyl sites for hydroxylation is 1. The monoisotopic (exact) mass is 405 g/mol. The Kier molecular flexibility index (Phi) is 4.90. The highest BCUT2D eigenvalue weighted by atomic mass is 32.2. The third kappa shape index (κ3) is 3.77. The fourth-order valence-corrected chi connectivity index (χ4v) is 4.67. The summed E-state index contributed by atoms with van der Waals surface area (Å²) in [4.78, 5) is 16.9. The lowest BCUT2D eigenvalue weighted by Crippen LogP contribution is -2.18. The van der Waals surface area contributed by atoms with Crippen LogP contribution in [0.25, 0.3) is 10.9 Å². The van der Waals surface area contributed by atoms with E-state index in [4.69, 9.17) is 0 Å². The highest BCUT2D eigenvalue weighted by molar-refractivity contribution is 7.91. The maximum atomic E-state index is 13.2. The Bertz CT molecular complexity index is 1280. The van der Waals surface area contributed by atoms with Gasteiger partial charge in [-0.05, 0) is 37.3 Å². The van der Waals surface area contributed by atoms with Crippen molar-refractivity contribution in [2.45, 2.75) is 23.3 Å². The minimum atomic E-state index is -3.72. The third-order valence-electron chi connectivity index (χ3n) is 4.63. The van der Waals surface area contributed by atoms with Crippen LogP contribution in [0.5, 0.6) is 0 Å². The van der Waals surface area contributed by atoms with E-state index in [1.165, 1.54) is 6.20 Å². The normalized spacial score (nSPS) is 11.5. The number of para-hydroxylation sites is 1. The van der Waals surface area contributed by atoms with E-state index in [-0.39, 0.29) is 22.2 Å². The molecule has 0 aliphatic heterocycles. The number of benzene rings is 2. The van der Waals surface area contributed by atoms with Crippen LogP contribution in [0.15, 0.2) is 89.0 Å². The van der Waals surface area contributed by atoms with Gasteiger partial charge in [-0.25, -0.2) is 8.42 Å². The molecule has 1 N–H and O–H groups in total. The molecule has 0 aliphatic carbocycles. The topological polar surface area (TPSA) is 81.1 Å². The number of aromatic nitrogens is 2. The first-order chi connectivity index (χ1) is 13.9. The van der Waals surface area contributed by atoms with Gasteiger partial charge in [-0.15, -0.1) is 0 Å². The standard InChI is InChI=1S/C22H19N3O3S/c1-16-8-10-18(11-9-16)29(27,28)21-14-25(20-7-3-2-6-19(20)21)15-22(26)24-17-5-4-12-23-13-17/h2-14H,15H2,1H3,(H,24,26). The van der Waals surface area contributed by atoms with E-state index < -0.39 is 9.84 Å². The quantitative estimate of drug-likeness (QED) is 0.547. The maximum Gasteiger partial charge on any atom is 0.244 e. The van der Waals surface area contributed by atoms with Crippen LogP contribution in [-0.4, -0.2) is 23.9 Å². The average Bonchev–Trinajstić information content (AvgIpc) is 3.08. The summed E-state index contributed by atoms with van der Waals surface area (Å²) in [6, 6.07) is 17.4. The smallest absolute Gasteiger partial charge is 0.244 e. The van der Waals surface area contributed by atoms with Crippen molar-refractivity contribution in [2.24, 2.45) is 0 Å². The zero-order valence-electron chi connectivity index (χ0n) is 15.7. The van der Waals surface area contributed by atoms with Crippen molar-refractivity contribution >= 4 is 32.3 Å². The van der Waals surface area contributed by atoms with Gasteiger partial charge in [-0.3, -0.25) is 9.78 Å². The summed E-state index contributed by atoms with van der Waals surface area (Å²) in [5.41, 5.74) is 2.25. The number of anilines is 1. The number of hydrogen-bond donors (Lipinski definition) is 1. The minimum absolute atomic E-state index is 0.0151. The summed E-state index contributed by atoms with van der Waals surface area (Å²) in [5.74, 6) is -0.266. The molecule has 0 unspecified atom stereocenters. The van der Waals surface area contributed by atoms with Crippen molar-refractivity contribution in [3.8, 4) is 0 Å². The molecule has 0 fully saturated rings. The van der Waals surface area contributed by atoms with Gasteiger partial charge >= 0.3 is 0 Å². The molecule has 1 amide bonds. The number of fused-ring (bicyclic) bond motifs is 1. The molecule has 0 radical (unpaired) electrons. The first kappa shape index (κ1) is 18.9. The number of nitrogens with one attached hydrogen (secondary N) is 1. The van der Waals surface area contributed by atoms with Gasteiger partial charge < -0.3 is 9.88 Å². The molecule has 29 heavy (non-hydrogen) atoms. The Balaban J connectivity index is 1.72. The van der Waals surface area contributed by atoms with Gasteiger partial charge in [0, 0.05) is 23.3 Å². The molecular weight excluding hydrogens is 386 g/mol. The van der Waals surface area contributed by atoms with Crippen LogP contribution in [0.3, 0.4) is 0 Å². The Hall–Kier alpha value is -3.45. The minimum Gasteiger partial charge on any atom is -0.337 e. The van der Waals surface area contributed by atoms with Crippen LogP contribution in [0.4, 0.5) is 5.69 Å².